The number of ether oxygens (including phenoxy) is 4. The summed E-state index contributed by atoms with van der Waals surface area (Å²) in [4.78, 5) is 50.9. The number of hydrogen-bond donors (Lipinski definition) is 1. The van der Waals surface area contributed by atoms with Crippen LogP contribution in [0.25, 0.3) is 0 Å². The third-order valence-corrected chi connectivity index (χ3v) is 6.36. The van der Waals surface area contributed by atoms with Crippen LogP contribution in [-0.4, -0.2) is 99.7 Å². The first-order valence-electron chi connectivity index (χ1n) is 10.9. The molecule has 11 nitrogen and oxygen atoms in total. The van der Waals surface area contributed by atoms with Crippen LogP contribution in [-0.2, 0) is 43.0 Å². The van der Waals surface area contributed by atoms with Gasteiger partial charge >= 0.3 is 5.97 Å². The first-order valence-corrected chi connectivity index (χ1v) is 13.4. The van der Waals surface area contributed by atoms with Crippen LogP contribution in [0.2, 0.25) is 0 Å². The Morgan fingerprint density at radius 2 is 1.41 bits per heavy atom. The van der Waals surface area contributed by atoms with Crippen LogP contribution in [0.4, 0.5) is 0 Å². The molecule has 13 heteroatoms. The zero-order valence-electron chi connectivity index (χ0n) is 19.1. The number of hydrogen-bond acceptors (Lipinski definition) is 11. The molecule has 0 spiro atoms. The zero-order chi connectivity index (χ0) is 24.9. The van der Waals surface area contributed by atoms with Crippen molar-refractivity contribution in [2.75, 3.05) is 70.9 Å². The van der Waals surface area contributed by atoms with Gasteiger partial charge in [0, 0.05) is 37.3 Å². The Labute approximate surface area is 207 Å². The molecule has 0 aromatic carbocycles. The summed E-state index contributed by atoms with van der Waals surface area (Å²) in [6, 6.07) is 0. The number of amides is 3. The summed E-state index contributed by atoms with van der Waals surface area (Å²) in [5.41, 5.74) is 0. The number of hydroxylamine groups is 2. The highest BCUT2D eigenvalue weighted by atomic mass is 33.1. The first-order chi connectivity index (χ1) is 16.5. The molecule has 3 amide bonds. The standard InChI is InChI=1S/C21H32N2O9S2/c1-2-8-28-10-12-30-14-15-31-13-11-29-9-5-18(24)22-7-17-34-33-16-6-21(27)32-23-19(25)3-4-20(23)26/h1H,3-17H2,(H,22,24). The molecule has 1 rings (SSSR count). The number of nitrogens with one attached hydrogen (secondary N) is 1. The van der Waals surface area contributed by atoms with Crippen LogP contribution in [0.3, 0.4) is 0 Å². The van der Waals surface area contributed by atoms with Gasteiger partial charge in [-0.1, -0.05) is 27.5 Å². The minimum absolute atomic E-state index is 0.0744. The van der Waals surface area contributed by atoms with Gasteiger partial charge in [-0.25, -0.2) is 4.79 Å². The third kappa shape index (κ3) is 15.9. The Morgan fingerprint density at radius 1 is 0.853 bits per heavy atom. The van der Waals surface area contributed by atoms with Crippen LogP contribution in [0.1, 0.15) is 25.7 Å². The number of terminal acetylenes is 1. The second kappa shape index (κ2) is 20.5. The normalized spacial score (nSPS) is 13.2. The maximum atomic E-state index is 11.7. The number of carbonyl (C=O) groups excluding carboxylic acids is 4. The number of nitrogens with zero attached hydrogens (tertiary/aromatic N) is 1. The Kier molecular flexibility index (Phi) is 18.3. The summed E-state index contributed by atoms with van der Waals surface area (Å²) in [6.45, 7) is 3.74. The Balaban J connectivity index is 1.81. The van der Waals surface area contributed by atoms with Crippen molar-refractivity contribution in [3.05, 3.63) is 0 Å². The molecule has 0 aliphatic carbocycles. The van der Waals surface area contributed by atoms with Crippen molar-refractivity contribution in [3.63, 3.8) is 0 Å². The van der Waals surface area contributed by atoms with Crippen molar-refractivity contribution < 1.29 is 43.0 Å². The van der Waals surface area contributed by atoms with E-state index in [1.165, 1.54) is 21.6 Å². The molecule has 0 radical (unpaired) electrons. The summed E-state index contributed by atoms with van der Waals surface area (Å²) in [5.74, 6) is 1.81. The lowest BCUT2D eigenvalue weighted by Crippen LogP contribution is -2.32. The smallest absolute Gasteiger partial charge is 0.334 e. The van der Waals surface area contributed by atoms with Gasteiger partial charge in [-0.2, -0.15) is 0 Å². The summed E-state index contributed by atoms with van der Waals surface area (Å²) in [7, 11) is 2.95. The van der Waals surface area contributed by atoms with Gasteiger partial charge in [0.05, 0.1) is 52.7 Å². The molecule has 0 aromatic heterocycles. The Morgan fingerprint density at radius 3 is 2.03 bits per heavy atom. The summed E-state index contributed by atoms with van der Waals surface area (Å²) in [5, 5.41) is 3.33. The number of imide groups is 1. The van der Waals surface area contributed by atoms with Gasteiger partial charge in [0.25, 0.3) is 11.8 Å². The maximum absolute atomic E-state index is 11.7. The van der Waals surface area contributed by atoms with Crippen LogP contribution in [0, 0.1) is 12.3 Å². The van der Waals surface area contributed by atoms with Crippen molar-refractivity contribution in [1.82, 2.24) is 10.4 Å². The van der Waals surface area contributed by atoms with Gasteiger partial charge in [-0.05, 0) is 0 Å². The largest absolute Gasteiger partial charge is 0.379 e. The number of carbonyl (C=O) groups is 4. The lowest BCUT2D eigenvalue weighted by Gasteiger charge is -2.12. The van der Waals surface area contributed by atoms with Crippen molar-refractivity contribution in [3.8, 4) is 12.3 Å². The van der Waals surface area contributed by atoms with Crippen LogP contribution < -0.4 is 5.32 Å². The van der Waals surface area contributed by atoms with Gasteiger partial charge in [0.1, 0.15) is 6.61 Å². The molecular weight excluding hydrogens is 488 g/mol. The van der Waals surface area contributed by atoms with E-state index in [0.717, 1.165) is 0 Å². The topological polar surface area (TPSA) is 130 Å². The minimum Gasteiger partial charge on any atom is -0.379 e. The van der Waals surface area contributed by atoms with E-state index < -0.39 is 17.8 Å². The monoisotopic (exact) mass is 520 g/mol. The first kappa shape index (κ1) is 30.2. The highest BCUT2D eigenvalue weighted by Gasteiger charge is 2.32. The molecule has 0 atom stereocenters. The van der Waals surface area contributed by atoms with Gasteiger partial charge in [0.15, 0.2) is 0 Å². The van der Waals surface area contributed by atoms with Crippen LogP contribution in [0.15, 0.2) is 0 Å². The Bertz CT molecular complexity index is 657. The van der Waals surface area contributed by atoms with Crippen LogP contribution in [0.5, 0.6) is 0 Å². The highest BCUT2D eigenvalue weighted by Crippen LogP contribution is 2.21. The zero-order valence-corrected chi connectivity index (χ0v) is 20.8. The van der Waals surface area contributed by atoms with Gasteiger partial charge < -0.3 is 29.1 Å². The van der Waals surface area contributed by atoms with Gasteiger partial charge in [-0.3, -0.25) is 14.4 Å². The molecule has 1 heterocycles. The average molecular weight is 521 g/mol. The van der Waals surface area contributed by atoms with Gasteiger partial charge in [0.2, 0.25) is 5.91 Å². The second-order valence-corrected chi connectivity index (χ2v) is 9.33. The van der Waals surface area contributed by atoms with E-state index in [2.05, 4.69) is 11.2 Å². The molecule has 0 unspecified atom stereocenters. The Hall–Kier alpha value is -1.82. The number of rotatable bonds is 21. The molecule has 1 aliphatic rings. The summed E-state index contributed by atoms with van der Waals surface area (Å²) < 4.78 is 21.1. The predicted octanol–water partition coefficient (Wildman–Crippen LogP) is 0.571. The molecule has 1 aliphatic heterocycles. The van der Waals surface area contributed by atoms with E-state index in [9.17, 15) is 19.2 Å². The van der Waals surface area contributed by atoms with Crippen molar-refractivity contribution >= 4 is 45.3 Å². The van der Waals surface area contributed by atoms with Crippen molar-refractivity contribution in [1.29, 1.82) is 0 Å². The summed E-state index contributed by atoms with van der Waals surface area (Å²) in [6.07, 6.45) is 5.54. The SMILES string of the molecule is C#CCOCCOCCOCCOCCC(=O)NCCSSCCC(=O)ON1C(=O)CCC1=O. The summed E-state index contributed by atoms with van der Waals surface area (Å²) >= 11 is 0. The predicted molar refractivity (Wildman–Crippen MR) is 126 cm³/mol. The molecule has 0 aromatic rings. The fourth-order valence-electron chi connectivity index (χ4n) is 2.32. The van der Waals surface area contributed by atoms with Crippen LogP contribution >= 0.6 is 21.6 Å². The molecule has 34 heavy (non-hydrogen) atoms. The fraction of sp³-hybridized carbons (Fsp3) is 0.714. The molecular formula is C21H32N2O9S2. The molecule has 0 bridgehead atoms. The van der Waals surface area contributed by atoms with Gasteiger partial charge in [-0.15, -0.1) is 11.5 Å². The van der Waals surface area contributed by atoms with E-state index >= 15 is 0 Å². The van der Waals surface area contributed by atoms with E-state index in [0.29, 0.717) is 69.4 Å². The molecule has 192 valence electrons. The van der Waals surface area contributed by atoms with E-state index in [4.69, 9.17) is 30.2 Å². The molecule has 1 saturated heterocycles. The quantitative estimate of drug-likeness (QED) is 0.0987. The lowest BCUT2D eigenvalue weighted by molar-refractivity contribution is -0.197. The molecule has 1 N–H and O–H groups in total. The van der Waals surface area contributed by atoms with E-state index in [1.807, 2.05) is 0 Å². The third-order valence-electron chi connectivity index (χ3n) is 3.95. The maximum Gasteiger partial charge on any atom is 0.334 e. The van der Waals surface area contributed by atoms with E-state index in [-0.39, 0.29) is 38.2 Å². The van der Waals surface area contributed by atoms with E-state index in [1.54, 1.807) is 0 Å². The molecule has 1 fully saturated rings. The second-order valence-electron chi connectivity index (χ2n) is 6.63. The average Bonchev–Trinajstić information content (AvgIpc) is 3.13. The highest BCUT2D eigenvalue weighted by molar-refractivity contribution is 8.76. The lowest BCUT2D eigenvalue weighted by atomic mass is 10.4. The van der Waals surface area contributed by atoms with Crippen molar-refractivity contribution in [2.45, 2.75) is 25.7 Å². The van der Waals surface area contributed by atoms with Crippen molar-refractivity contribution in [2.24, 2.45) is 0 Å². The minimum atomic E-state index is -0.620. The molecule has 0 saturated carbocycles. The fourth-order valence-corrected chi connectivity index (χ4v) is 4.20.